The van der Waals surface area contributed by atoms with Crippen LogP contribution in [0.3, 0.4) is 0 Å². The van der Waals surface area contributed by atoms with Crippen LogP contribution in [0.25, 0.3) is 0 Å². The molecule has 0 radical (unpaired) electrons. The molecule has 0 aliphatic heterocycles. The summed E-state index contributed by atoms with van der Waals surface area (Å²) in [6.45, 7) is 1.53. The summed E-state index contributed by atoms with van der Waals surface area (Å²) in [6.07, 6.45) is 0.927. The third-order valence-corrected chi connectivity index (χ3v) is 1.74. The van der Waals surface area contributed by atoms with Crippen LogP contribution in [0.1, 0.15) is 19.8 Å². The summed E-state index contributed by atoms with van der Waals surface area (Å²) in [6, 6.07) is 0. The van der Waals surface area contributed by atoms with Gasteiger partial charge in [-0.05, 0) is 6.42 Å². The third-order valence-electron chi connectivity index (χ3n) is 1.06. The van der Waals surface area contributed by atoms with E-state index in [9.17, 15) is 13.2 Å². The summed E-state index contributed by atoms with van der Waals surface area (Å²) in [4.78, 5) is 10.6. The Balaban J connectivity index is 0. The lowest BCUT2D eigenvalue weighted by Crippen LogP contribution is -2.14. The second-order valence-corrected chi connectivity index (χ2v) is 3.83. The van der Waals surface area contributed by atoms with Gasteiger partial charge in [0.1, 0.15) is 12.4 Å². The van der Waals surface area contributed by atoms with Crippen molar-refractivity contribution < 1.29 is 22.5 Å². The largest absolute Gasteiger partial charge is 0.464 e. The summed E-state index contributed by atoms with van der Waals surface area (Å²) in [7, 11) is -4.01. The fraction of sp³-hybridized carbons (Fsp3) is 0.833. The van der Waals surface area contributed by atoms with E-state index in [2.05, 4.69) is 4.74 Å². The van der Waals surface area contributed by atoms with Crippen molar-refractivity contribution in [3.63, 3.8) is 0 Å². The highest BCUT2D eigenvalue weighted by atomic mass is 32.2. The van der Waals surface area contributed by atoms with Gasteiger partial charge in [0, 0.05) is 6.42 Å². The number of carbonyl (C=O) groups is 1. The second kappa shape index (κ2) is 6.81. The zero-order valence-corrected chi connectivity index (χ0v) is 8.34. The van der Waals surface area contributed by atoms with Crippen LogP contribution in [-0.2, 0) is 19.6 Å². The van der Waals surface area contributed by atoms with E-state index in [-0.39, 0.29) is 19.2 Å². The Labute approximate surface area is 77.6 Å². The molecule has 7 heteroatoms. The summed E-state index contributed by atoms with van der Waals surface area (Å²) in [5, 5.41) is 0. The van der Waals surface area contributed by atoms with Crippen LogP contribution < -0.4 is 6.15 Å². The average molecular weight is 213 g/mol. The highest BCUT2D eigenvalue weighted by molar-refractivity contribution is 7.85. The van der Waals surface area contributed by atoms with Crippen molar-refractivity contribution in [2.75, 3.05) is 12.4 Å². The molecule has 0 rings (SSSR count). The number of esters is 1. The Morgan fingerprint density at radius 1 is 1.46 bits per heavy atom. The maximum absolute atomic E-state index is 10.6. The van der Waals surface area contributed by atoms with E-state index in [1.54, 1.807) is 0 Å². The number of carbonyl (C=O) groups excluding carboxylic acids is 1. The van der Waals surface area contributed by atoms with Crippen molar-refractivity contribution in [2.45, 2.75) is 19.8 Å². The minimum Gasteiger partial charge on any atom is -0.464 e. The third kappa shape index (κ3) is 11.3. The molecule has 0 saturated carbocycles. The molecule has 0 aliphatic rings. The molecule has 0 aliphatic carbocycles. The Morgan fingerprint density at radius 2 is 2.00 bits per heavy atom. The SMILES string of the molecule is CCCC(=O)OCCS(=O)(=O)O.N. The molecule has 0 unspecified atom stereocenters. The van der Waals surface area contributed by atoms with E-state index in [1.807, 2.05) is 6.92 Å². The normalized spacial score (nSPS) is 10.3. The molecular weight excluding hydrogens is 198 g/mol. The van der Waals surface area contributed by atoms with Crippen LogP contribution in [0, 0.1) is 0 Å². The van der Waals surface area contributed by atoms with Gasteiger partial charge in [0.2, 0.25) is 0 Å². The number of rotatable bonds is 5. The molecule has 0 aromatic heterocycles. The van der Waals surface area contributed by atoms with E-state index in [4.69, 9.17) is 4.55 Å². The Kier molecular flexibility index (Phi) is 7.78. The molecule has 0 fully saturated rings. The van der Waals surface area contributed by atoms with E-state index >= 15 is 0 Å². The molecule has 0 bridgehead atoms. The molecule has 6 nitrogen and oxygen atoms in total. The molecule has 0 heterocycles. The van der Waals surface area contributed by atoms with Crippen LogP contribution >= 0.6 is 0 Å². The lowest BCUT2D eigenvalue weighted by Gasteiger charge is -2.00. The van der Waals surface area contributed by atoms with Gasteiger partial charge in [-0.3, -0.25) is 9.35 Å². The van der Waals surface area contributed by atoms with E-state index in [1.165, 1.54) is 0 Å². The first kappa shape index (κ1) is 14.8. The first-order valence-electron chi connectivity index (χ1n) is 3.56. The molecule has 0 saturated heterocycles. The Bertz CT molecular complexity index is 235. The molecule has 13 heavy (non-hydrogen) atoms. The van der Waals surface area contributed by atoms with Gasteiger partial charge in [-0.1, -0.05) is 6.92 Å². The smallest absolute Gasteiger partial charge is 0.305 e. The van der Waals surface area contributed by atoms with Gasteiger partial charge < -0.3 is 10.9 Å². The van der Waals surface area contributed by atoms with Crippen LogP contribution in [-0.4, -0.2) is 31.3 Å². The van der Waals surface area contributed by atoms with Crippen molar-refractivity contribution in [3.8, 4) is 0 Å². The van der Waals surface area contributed by atoms with E-state index in [0.717, 1.165) is 0 Å². The maximum Gasteiger partial charge on any atom is 0.305 e. The van der Waals surface area contributed by atoms with Crippen molar-refractivity contribution in [3.05, 3.63) is 0 Å². The zero-order valence-electron chi connectivity index (χ0n) is 7.52. The molecular formula is C6H15NO5S. The van der Waals surface area contributed by atoms with Gasteiger partial charge in [0.15, 0.2) is 0 Å². The van der Waals surface area contributed by atoms with Crippen LogP contribution in [0.5, 0.6) is 0 Å². The van der Waals surface area contributed by atoms with Gasteiger partial charge in [0.05, 0.1) is 0 Å². The quantitative estimate of drug-likeness (QED) is 0.503. The standard InChI is InChI=1S/C6H12O5S.H3N/c1-2-3-6(7)11-4-5-12(8,9)10;/h2-5H2,1H3,(H,8,9,10);1H3. The monoisotopic (exact) mass is 213 g/mol. The minimum atomic E-state index is -4.01. The van der Waals surface area contributed by atoms with E-state index < -0.39 is 21.8 Å². The van der Waals surface area contributed by atoms with Crippen molar-refractivity contribution >= 4 is 16.1 Å². The summed E-state index contributed by atoms with van der Waals surface area (Å²) < 4.78 is 33.0. The highest BCUT2D eigenvalue weighted by Gasteiger charge is 2.06. The van der Waals surface area contributed by atoms with Gasteiger partial charge in [-0.25, -0.2) is 0 Å². The molecule has 0 aromatic rings. The van der Waals surface area contributed by atoms with Gasteiger partial charge in [-0.2, -0.15) is 8.42 Å². The summed E-state index contributed by atoms with van der Waals surface area (Å²) in [5.41, 5.74) is 0. The second-order valence-electron chi connectivity index (χ2n) is 2.26. The van der Waals surface area contributed by atoms with Gasteiger partial charge in [-0.15, -0.1) is 0 Å². The number of hydrogen-bond acceptors (Lipinski definition) is 5. The Hall–Kier alpha value is -0.660. The van der Waals surface area contributed by atoms with Crippen LogP contribution in [0.4, 0.5) is 0 Å². The van der Waals surface area contributed by atoms with Crippen LogP contribution in [0.2, 0.25) is 0 Å². The molecule has 0 spiro atoms. The molecule has 0 aromatic carbocycles. The van der Waals surface area contributed by atoms with Crippen molar-refractivity contribution in [1.82, 2.24) is 6.15 Å². The fourth-order valence-corrected chi connectivity index (χ4v) is 0.831. The first-order valence-corrected chi connectivity index (χ1v) is 5.17. The van der Waals surface area contributed by atoms with Crippen molar-refractivity contribution in [1.29, 1.82) is 0 Å². The predicted molar refractivity (Wildman–Crippen MR) is 47.3 cm³/mol. The molecule has 4 N–H and O–H groups in total. The maximum atomic E-state index is 10.6. The van der Waals surface area contributed by atoms with Crippen LogP contribution in [0.15, 0.2) is 0 Å². The average Bonchev–Trinajstić information content (AvgIpc) is 1.84. The summed E-state index contributed by atoms with van der Waals surface area (Å²) >= 11 is 0. The van der Waals surface area contributed by atoms with Gasteiger partial charge >= 0.3 is 5.97 Å². The lowest BCUT2D eigenvalue weighted by molar-refractivity contribution is -0.143. The number of hydrogen-bond donors (Lipinski definition) is 2. The minimum absolute atomic E-state index is 0. The lowest BCUT2D eigenvalue weighted by atomic mass is 10.3. The molecule has 0 atom stereocenters. The zero-order chi connectivity index (χ0) is 9.61. The molecule has 80 valence electrons. The first-order chi connectivity index (χ1) is 5.45. The Morgan fingerprint density at radius 3 is 2.38 bits per heavy atom. The van der Waals surface area contributed by atoms with E-state index in [0.29, 0.717) is 6.42 Å². The predicted octanol–water partition coefficient (Wildman–Crippen LogP) is 0.380. The van der Waals surface area contributed by atoms with Gasteiger partial charge in [0.25, 0.3) is 10.1 Å². The molecule has 0 amide bonds. The summed E-state index contributed by atoms with van der Waals surface area (Å²) in [5.74, 6) is -0.983. The fourth-order valence-electron chi connectivity index (χ4n) is 0.537. The topological polar surface area (TPSA) is 116 Å². The number of ether oxygens (including phenoxy) is 1. The van der Waals surface area contributed by atoms with Crippen molar-refractivity contribution in [2.24, 2.45) is 0 Å². The highest BCUT2D eigenvalue weighted by Crippen LogP contribution is 1.91.